The second-order valence-electron chi connectivity index (χ2n) is 4.73. The Labute approximate surface area is 120 Å². The second-order valence-corrected chi connectivity index (χ2v) is 4.73. The van der Waals surface area contributed by atoms with Gasteiger partial charge in [-0.1, -0.05) is 19.1 Å². The maximum Gasteiger partial charge on any atom is 0.134 e. The molecule has 0 bridgehead atoms. The fraction of sp³-hybridized carbons (Fsp3) is 0.250. The smallest absolute Gasteiger partial charge is 0.134 e. The monoisotopic (exact) mass is 297 g/mol. The summed E-state index contributed by atoms with van der Waals surface area (Å²) in [6, 6.07) is 5.86. The van der Waals surface area contributed by atoms with E-state index in [1.165, 1.54) is 18.2 Å². The summed E-state index contributed by atoms with van der Waals surface area (Å²) in [5.41, 5.74) is 0.0725. The Bertz CT molecular complexity index is 604. The van der Waals surface area contributed by atoms with Crippen molar-refractivity contribution in [2.24, 2.45) is 0 Å². The molecule has 0 aliphatic carbocycles. The first kappa shape index (κ1) is 15.5. The molecule has 0 saturated heterocycles. The van der Waals surface area contributed by atoms with Gasteiger partial charge < -0.3 is 5.32 Å². The molecule has 0 spiro atoms. The fourth-order valence-electron chi connectivity index (χ4n) is 2.19. The van der Waals surface area contributed by atoms with Crippen LogP contribution in [0.4, 0.5) is 17.6 Å². The lowest BCUT2D eigenvalue weighted by Gasteiger charge is -2.21. The summed E-state index contributed by atoms with van der Waals surface area (Å²) < 4.78 is 54.3. The molecular formula is C16H15F4N. The van der Waals surface area contributed by atoms with Crippen molar-refractivity contribution >= 4 is 0 Å². The van der Waals surface area contributed by atoms with Gasteiger partial charge in [0.15, 0.2) is 0 Å². The molecule has 21 heavy (non-hydrogen) atoms. The summed E-state index contributed by atoms with van der Waals surface area (Å²) in [4.78, 5) is 0. The molecule has 0 aliphatic rings. The molecule has 0 radical (unpaired) electrons. The van der Waals surface area contributed by atoms with Crippen LogP contribution in [0, 0.1) is 23.3 Å². The zero-order chi connectivity index (χ0) is 15.4. The first-order valence-electron chi connectivity index (χ1n) is 6.66. The molecule has 0 amide bonds. The molecule has 1 unspecified atom stereocenters. The summed E-state index contributed by atoms with van der Waals surface area (Å²) in [7, 11) is 0. The molecule has 0 saturated carbocycles. The molecule has 1 atom stereocenters. The van der Waals surface area contributed by atoms with Crippen molar-refractivity contribution < 1.29 is 17.6 Å². The maximum atomic E-state index is 14.0. The number of hydrogen-bond donors (Lipinski definition) is 1. The molecule has 1 nitrogen and oxygen atoms in total. The van der Waals surface area contributed by atoms with Gasteiger partial charge in [0.25, 0.3) is 0 Å². The fourth-order valence-corrected chi connectivity index (χ4v) is 2.19. The van der Waals surface area contributed by atoms with Gasteiger partial charge >= 0.3 is 0 Å². The van der Waals surface area contributed by atoms with E-state index in [0.717, 1.165) is 6.42 Å². The standard InChI is InChI=1S/C16H15F4N/c1-2-6-21-16(10-4-3-5-11(17)7-10)15-13(19)8-12(18)9-14(15)20/h3-5,7-9,16,21H,2,6H2,1H3. The Balaban J connectivity index is 2.50. The maximum absolute atomic E-state index is 14.0. The van der Waals surface area contributed by atoms with Crippen LogP contribution in [0.25, 0.3) is 0 Å². The summed E-state index contributed by atoms with van der Waals surface area (Å²) in [6.45, 7) is 2.38. The topological polar surface area (TPSA) is 12.0 Å². The molecule has 0 fully saturated rings. The minimum atomic E-state index is -0.995. The predicted molar refractivity (Wildman–Crippen MR) is 72.9 cm³/mol. The SMILES string of the molecule is CCCNC(c1cccc(F)c1)c1c(F)cc(F)cc1F. The number of hydrogen-bond acceptors (Lipinski definition) is 1. The summed E-state index contributed by atoms with van der Waals surface area (Å²) in [5.74, 6) is -3.48. The van der Waals surface area contributed by atoms with Crippen molar-refractivity contribution in [3.63, 3.8) is 0 Å². The first-order valence-corrected chi connectivity index (χ1v) is 6.66. The van der Waals surface area contributed by atoms with Gasteiger partial charge in [-0.05, 0) is 30.7 Å². The van der Waals surface area contributed by atoms with Gasteiger partial charge in [0.2, 0.25) is 0 Å². The first-order chi connectivity index (χ1) is 10.0. The number of benzene rings is 2. The minimum Gasteiger partial charge on any atom is -0.306 e. The molecule has 0 aromatic heterocycles. The van der Waals surface area contributed by atoms with Crippen molar-refractivity contribution in [1.82, 2.24) is 5.32 Å². The lowest BCUT2D eigenvalue weighted by molar-refractivity contribution is 0.485. The summed E-state index contributed by atoms with van der Waals surface area (Å²) in [6.07, 6.45) is 0.732. The molecule has 1 N–H and O–H groups in total. The van der Waals surface area contributed by atoms with Crippen LogP contribution in [-0.2, 0) is 0 Å². The average Bonchev–Trinajstić information content (AvgIpc) is 2.41. The van der Waals surface area contributed by atoms with Crippen LogP contribution < -0.4 is 5.32 Å². The largest absolute Gasteiger partial charge is 0.306 e. The van der Waals surface area contributed by atoms with E-state index in [4.69, 9.17) is 0 Å². The highest BCUT2D eigenvalue weighted by Crippen LogP contribution is 2.28. The molecule has 2 rings (SSSR count). The van der Waals surface area contributed by atoms with Gasteiger partial charge in [-0.15, -0.1) is 0 Å². The van der Waals surface area contributed by atoms with Crippen LogP contribution in [0.2, 0.25) is 0 Å². The predicted octanol–water partition coefficient (Wildman–Crippen LogP) is 4.33. The third-order valence-electron chi connectivity index (χ3n) is 3.11. The van der Waals surface area contributed by atoms with Crippen LogP contribution >= 0.6 is 0 Å². The van der Waals surface area contributed by atoms with Crippen molar-refractivity contribution in [2.75, 3.05) is 6.54 Å². The Morgan fingerprint density at radius 2 is 1.62 bits per heavy atom. The number of rotatable bonds is 5. The van der Waals surface area contributed by atoms with Crippen LogP contribution in [0.1, 0.15) is 30.5 Å². The number of nitrogens with one attached hydrogen (secondary N) is 1. The highest BCUT2D eigenvalue weighted by atomic mass is 19.1. The van der Waals surface area contributed by atoms with Gasteiger partial charge in [-0.2, -0.15) is 0 Å². The molecule has 0 heterocycles. The Morgan fingerprint density at radius 1 is 0.952 bits per heavy atom. The van der Waals surface area contributed by atoms with E-state index in [1.807, 2.05) is 6.92 Å². The zero-order valence-electron chi connectivity index (χ0n) is 11.5. The molecule has 2 aromatic carbocycles. The van der Waals surface area contributed by atoms with Crippen LogP contribution in [0.3, 0.4) is 0 Å². The lowest BCUT2D eigenvalue weighted by atomic mass is 9.97. The van der Waals surface area contributed by atoms with E-state index in [9.17, 15) is 17.6 Å². The highest BCUT2D eigenvalue weighted by molar-refractivity contribution is 5.34. The van der Waals surface area contributed by atoms with Crippen LogP contribution in [0.15, 0.2) is 36.4 Å². The molecule has 0 aliphatic heterocycles. The molecular weight excluding hydrogens is 282 g/mol. The molecule has 112 valence electrons. The lowest BCUT2D eigenvalue weighted by Crippen LogP contribution is -2.25. The van der Waals surface area contributed by atoms with E-state index in [-0.39, 0.29) is 5.56 Å². The van der Waals surface area contributed by atoms with Crippen molar-refractivity contribution in [1.29, 1.82) is 0 Å². The van der Waals surface area contributed by atoms with Gasteiger partial charge in [0, 0.05) is 17.7 Å². The Morgan fingerprint density at radius 3 is 2.19 bits per heavy atom. The minimum absolute atomic E-state index is 0.310. The number of halogens is 4. The van der Waals surface area contributed by atoms with Crippen LogP contribution in [0.5, 0.6) is 0 Å². The van der Waals surface area contributed by atoms with Crippen LogP contribution in [-0.4, -0.2) is 6.54 Å². The summed E-state index contributed by atoms with van der Waals surface area (Å²) >= 11 is 0. The highest BCUT2D eigenvalue weighted by Gasteiger charge is 2.23. The normalized spacial score (nSPS) is 12.4. The third-order valence-corrected chi connectivity index (χ3v) is 3.11. The van der Waals surface area contributed by atoms with E-state index >= 15 is 0 Å². The van der Waals surface area contributed by atoms with Gasteiger partial charge in [0.05, 0.1) is 6.04 Å². The van der Waals surface area contributed by atoms with Gasteiger partial charge in [-0.25, -0.2) is 17.6 Å². The van der Waals surface area contributed by atoms with Gasteiger partial charge in [0.1, 0.15) is 23.3 Å². The molecule has 2 aromatic rings. The van der Waals surface area contributed by atoms with E-state index in [1.54, 1.807) is 6.07 Å². The third kappa shape index (κ3) is 3.61. The summed E-state index contributed by atoms with van der Waals surface area (Å²) in [5, 5.41) is 2.96. The zero-order valence-corrected chi connectivity index (χ0v) is 11.5. The average molecular weight is 297 g/mol. The van der Waals surface area contributed by atoms with E-state index in [2.05, 4.69) is 5.32 Å². The Hall–Kier alpha value is -1.88. The second kappa shape index (κ2) is 6.72. The molecule has 5 heteroatoms. The van der Waals surface area contributed by atoms with E-state index < -0.39 is 29.3 Å². The quantitative estimate of drug-likeness (QED) is 0.810. The van der Waals surface area contributed by atoms with Crippen molar-refractivity contribution in [2.45, 2.75) is 19.4 Å². The van der Waals surface area contributed by atoms with Crippen molar-refractivity contribution in [3.8, 4) is 0 Å². The van der Waals surface area contributed by atoms with Gasteiger partial charge in [-0.3, -0.25) is 0 Å². The Kier molecular flexibility index (Phi) is 4.96. The van der Waals surface area contributed by atoms with Crippen molar-refractivity contribution in [3.05, 3.63) is 70.8 Å². The van der Waals surface area contributed by atoms with E-state index in [0.29, 0.717) is 24.2 Å².